The van der Waals surface area contributed by atoms with Gasteiger partial charge in [-0.3, -0.25) is 4.79 Å². The number of carbonyl (C=O) groups is 1. The number of para-hydroxylation sites is 2. The van der Waals surface area contributed by atoms with E-state index in [0.29, 0.717) is 31.3 Å². The molecule has 0 bridgehead atoms. The molecule has 138 valence electrons. The van der Waals surface area contributed by atoms with Gasteiger partial charge in [-0.25, -0.2) is 0 Å². The second-order valence-corrected chi connectivity index (χ2v) is 5.96. The number of amides is 1. The summed E-state index contributed by atoms with van der Waals surface area (Å²) in [6, 6.07) is 14.7. The fourth-order valence-corrected chi connectivity index (χ4v) is 2.61. The number of benzene rings is 2. The van der Waals surface area contributed by atoms with Gasteiger partial charge >= 0.3 is 0 Å². The molecule has 0 aromatic heterocycles. The van der Waals surface area contributed by atoms with Crippen LogP contribution in [0.4, 0.5) is 0 Å². The van der Waals surface area contributed by atoms with Crippen LogP contribution >= 0.6 is 0 Å². The highest BCUT2D eigenvalue weighted by Crippen LogP contribution is 2.30. The van der Waals surface area contributed by atoms with E-state index in [1.165, 1.54) is 0 Å². The van der Waals surface area contributed by atoms with Crippen LogP contribution in [0.3, 0.4) is 0 Å². The number of carbonyl (C=O) groups excluding carboxylic acids is 1. The predicted octanol–water partition coefficient (Wildman–Crippen LogP) is 2.76. The Balaban J connectivity index is 1.46. The van der Waals surface area contributed by atoms with E-state index in [2.05, 4.69) is 0 Å². The summed E-state index contributed by atoms with van der Waals surface area (Å²) in [5, 5.41) is 0. The first-order valence-corrected chi connectivity index (χ1v) is 8.64. The molecule has 0 fully saturated rings. The van der Waals surface area contributed by atoms with E-state index in [1.807, 2.05) is 43.3 Å². The Morgan fingerprint density at radius 2 is 1.73 bits per heavy atom. The van der Waals surface area contributed by atoms with Crippen LogP contribution in [0.15, 0.2) is 48.5 Å². The summed E-state index contributed by atoms with van der Waals surface area (Å²) in [6.07, 6.45) is -0.204. The summed E-state index contributed by atoms with van der Waals surface area (Å²) in [4.78, 5) is 13.9. The lowest BCUT2D eigenvalue weighted by Crippen LogP contribution is -2.43. The number of nitrogens with zero attached hydrogens (tertiary/aromatic N) is 1. The topological polar surface area (TPSA) is 57.2 Å². The second-order valence-electron chi connectivity index (χ2n) is 5.96. The van der Waals surface area contributed by atoms with Crippen molar-refractivity contribution in [3.05, 3.63) is 48.5 Å². The Hall–Kier alpha value is -2.89. The number of rotatable bonds is 7. The lowest BCUT2D eigenvalue weighted by Gasteiger charge is -2.29. The van der Waals surface area contributed by atoms with Gasteiger partial charge in [0.2, 0.25) is 0 Å². The van der Waals surface area contributed by atoms with Crippen molar-refractivity contribution in [2.45, 2.75) is 13.0 Å². The molecule has 0 saturated carbocycles. The molecule has 2 aromatic rings. The molecule has 6 nitrogen and oxygen atoms in total. The van der Waals surface area contributed by atoms with Crippen molar-refractivity contribution < 1.29 is 23.7 Å². The molecular weight excluding hydrogens is 334 g/mol. The summed E-state index contributed by atoms with van der Waals surface area (Å²) >= 11 is 0. The standard InChI is InChI=1S/C20H23NO5/c1-3-23-15-8-10-16(11-9-15)24-14-20(22)21(2)12-17-13-25-18-6-4-5-7-19(18)26-17/h4-11,17H,3,12-14H2,1-2H3. The van der Waals surface area contributed by atoms with Crippen molar-refractivity contribution in [1.82, 2.24) is 4.90 Å². The van der Waals surface area contributed by atoms with Gasteiger partial charge in [-0.15, -0.1) is 0 Å². The molecule has 0 aliphatic carbocycles. The molecule has 6 heteroatoms. The average Bonchev–Trinajstić information content (AvgIpc) is 2.67. The van der Waals surface area contributed by atoms with Crippen LogP contribution < -0.4 is 18.9 Å². The van der Waals surface area contributed by atoms with Crippen LogP contribution in [0, 0.1) is 0 Å². The molecule has 0 saturated heterocycles. The normalized spacial score (nSPS) is 15.2. The maximum atomic E-state index is 12.3. The van der Waals surface area contributed by atoms with Crippen molar-refractivity contribution >= 4 is 5.91 Å². The van der Waals surface area contributed by atoms with Crippen LogP contribution in [0.2, 0.25) is 0 Å². The first kappa shape index (κ1) is 17.9. The largest absolute Gasteiger partial charge is 0.494 e. The summed E-state index contributed by atoms with van der Waals surface area (Å²) < 4.78 is 22.5. The zero-order valence-electron chi connectivity index (χ0n) is 15.0. The minimum Gasteiger partial charge on any atom is -0.494 e. The molecule has 0 radical (unpaired) electrons. The fourth-order valence-electron chi connectivity index (χ4n) is 2.61. The number of hydrogen-bond acceptors (Lipinski definition) is 5. The van der Waals surface area contributed by atoms with Gasteiger partial charge < -0.3 is 23.8 Å². The molecule has 1 atom stereocenters. The van der Waals surface area contributed by atoms with Crippen molar-refractivity contribution in [3.8, 4) is 23.0 Å². The molecule has 26 heavy (non-hydrogen) atoms. The first-order chi connectivity index (χ1) is 12.7. The number of likely N-dealkylation sites (N-methyl/N-ethyl adjacent to an activating group) is 1. The number of hydrogen-bond donors (Lipinski definition) is 0. The molecular formula is C20H23NO5. The number of fused-ring (bicyclic) bond motifs is 1. The SMILES string of the molecule is CCOc1ccc(OCC(=O)N(C)CC2COc3ccccc3O2)cc1. The van der Waals surface area contributed by atoms with Gasteiger partial charge in [0, 0.05) is 7.05 Å². The van der Waals surface area contributed by atoms with Crippen molar-refractivity contribution in [1.29, 1.82) is 0 Å². The Labute approximate surface area is 153 Å². The lowest BCUT2D eigenvalue weighted by molar-refractivity contribution is -0.133. The summed E-state index contributed by atoms with van der Waals surface area (Å²) in [6.45, 7) is 3.35. The fraction of sp³-hybridized carbons (Fsp3) is 0.350. The zero-order chi connectivity index (χ0) is 18.4. The van der Waals surface area contributed by atoms with E-state index >= 15 is 0 Å². The number of ether oxygens (including phenoxy) is 4. The van der Waals surface area contributed by atoms with E-state index in [0.717, 1.165) is 11.5 Å². The molecule has 2 aromatic carbocycles. The third kappa shape index (κ3) is 4.59. The summed E-state index contributed by atoms with van der Waals surface area (Å²) in [7, 11) is 1.73. The van der Waals surface area contributed by atoms with Crippen LogP contribution in [0.5, 0.6) is 23.0 Å². The lowest BCUT2D eigenvalue weighted by atomic mass is 10.2. The quantitative estimate of drug-likeness (QED) is 0.763. The van der Waals surface area contributed by atoms with E-state index in [4.69, 9.17) is 18.9 Å². The maximum Gasteiger partial charge on any atom is 0.260 e. The maximum absolute atomic E-state index is 12.3. The van der Waals surface area contributed by atoms with Crippen molar-refractivity contribution in [3.63, 3.8) is 0 Å². The second kappa shape index (κ2) is 8.47. The molecule has 1 amide bonds. The van der Waals surface area contributed by atoms with Crippen molar-refractivity contribution in [2.24, 2.45) is 0 Å². The highest BCUT2D eigenvalue weighted by atomic mass is 16.6. The van der Waals surface area contributed by atoms with E-state index < -0.39 is 0 Å². The average molecular weight is 357 g/mol. The van der Waals surface area contributed by atoms with Gasteiger partial charge in [0.25, 0.3) is 5.91 Å². The highest BCUT2D eigenvalue weighted by molar-refractivity contribution is 5.77. The third-order valence-corrected chi connectivity index (χ3v) is 3.97. The van der Waals surface area contributed by atoms with Gasteiger partial charge in [-0.1, -0.05) is 12.1 Å². The van der Waals surface area contributed by atoms with Crippen LogP contribution in [0.1, 0.15) is 6.92 Å². The molecule has 1 aliphatic heterocycles. The van der Waals surface area contributed by atoms with Gasteiger partial charge in [0.1, 0.15) is 18.1 Å². The minimum atomic E-state index is -0.204. The van der Waals surface area contributed by atoms with Crippen LogP contribution in [0.25, 0.3) is 0 Å². The Morgan fingerprint density at radius 1 is 1.08 bits per heavy atom. The molecule has 0 spiro atoms. The first-order valence-electron chi connectivity index (χ1n) is 8.64. The molecule has 1 unspecified atom stereocenters. The highest BCUT2D eigenvalue weighted by Gasteiger charge is 2.23. The molecule has 1 heterocycles. The monoisotopic (exact) mass is 357 g/mol. The zero-order valence-corrected chi connectivity index (χ0v) is 15.0. The van der Waals surface area contributed by atoms with Crippen LogP contribution in [-0.4, -0.2) is 50.3 Å². The predicted molar refractivity (Wildman–Crippen MR) is 97.1 cm³/mol. The van der Waals surface area contributed by atoms with Gasteiger partial charge in [-0.05, 0) is 43.3 Å². The smallest absolute Gasteiger partial charge is 0.260 e. The molecule has 3 rings (SSSR count). The Morgan fingerprint density at radius 3 is 2.42 bits per heavy atom. The summed E-state index contributed by atoms with van der Waals surface area (Å²) in [5.41, 5.74) is 0. The van der Waals surface area contributed by atoms with Crippen LogP contribution in [-0.2, 0) is 4.79 Å². The van der Waals surface area contributed by atoms with Gasteiger partial charge in [0.05, 0.1) is 13.2 Å². The van der Waals surface area contributed by atoms with E-state index in [9.17, 15) is 4.79 Å². The van der Waals surface area contributed by atoms with Crippen molar-refractivity contribution in [2.75, 3.05) is 33.4 Å². The Bertz CT molecular complexity index is 731. The van der Waals surface area contributed by atoms with Gasteiger partial charge in [0.15, 0.2) is 24.2 Å². The molecule has 0 N–H and O–H groups in total. The Kier molecular flexibility index (Phi) is 5.84. The third-order valence-electron chi connectivity index (χ3n) is 3.97. The summed E-state index contributed by atoms with van der Waals surface area (Å²) in [5.74, 6) is 2.72. The minimum absolute atomic E-state index is 0.0331. The van der Waals surface area contributed by atoms with E-state index in [1.54, 1.807) is 24.1 Å². The van der Waals surface area contributed by atoms with Gasteiger partial charge in [-0.2, -0.15) is 0 Å². The van der Waals surface area contributed by atoms with E-state index in [-0.39, 0.29) is 18.6 Å². The molecule has 1 aliphatic rings.